The molecule has 0 aromatic heterocycles. The zero-order valence-corrected chi connectivity index (χ0v) is 30.2. The van der Waals surface area contributed by atoms with Crippen molar-refractivity contribution < 1.29 is 19.5 Å². The van der Waals surface area contributed by atoms with E-state index in [4.69, 9.17) is 10.8 Å². The maximum atomic E-state index is 13.1. The average molecular weight is 709 g/mol. The lowest BCUT2D eigenvalue weighted by molar-refractivity contribution is -0.138. The highest BCUT2D eigenvalue weighted by Crippen LogP contribution is 2.30. The first kappa shape index (κ1) is 35.9. The second kappa shape index (κ2) is 16.0. The number of hydrogen-bond donors (Lipinski definition) is 3. The van der Waals surface area contributed by atoms with E-state index in [0.29, 0.717) is 12.5 Å². The molecule has 0 bridgehead atoms. The summed E-state index contributed by atoms with van der Waals surface area (Å²) >= 11 is 0. The van der Waals surface area contributed by atoms with Crippen LogP contribution < -0.4 is 26.4 Å². The molecule has 8 nitrogen and oxygen atoms in total. The molecule has 2 aliphatic carbocycles. The van der Waals surface area contributed by atoms with E-state index in [1.165, 1.54) is 51.3 Å². The highest BCUT2D eigenvalue weighted by molar-refractivity contribution is 6.03. The van der Waals surface area contributed by atoms with Gasteiger partial charge in [0.05, 0.1) is 18.7 Å². The number of piperidine rings is 1. The van der Waals surface area contributed by atoms with Crippen LogP contribution in [0.4, 0.5) is 11.4 Å². The summed E-state index contributed by atoms with van der Waals surface area (Å²) in [5.74, 6) is -0.418. The Morgan fingerprint density at radius 1 is 0.925 bits per heavy atom. The molecule has 8 heteroatoms. The van der Waals surface area contributed by atoms with E-state index in [2.05, 4.69) is 48.3 Å². The van der Waals surface area contributed by atoms with Crippen LogP contribution in [0.15, 0.2) is 85.4 Å². The number of carbonyl (C=O) groups is 3. The van der Waals surface area contributed by atoms with E-state index >= 15 is 0 Å². The fourth-order valence-corrected chi connectivity index (χ4v) is 8.29. The van der Waals surface area contributed by atoms with Gasteiger partial charge in [0.2, 0.25) is 5.91 Å². The summed E-state index contributed by atoms with van der Waals surface area (Å²) in [6.45, 7) is 6.64. The monoisotopic (exact) mass is 708 g/mol. The van der Waals surface area contributed by atoms with Gasteiger partial charge in [-0.2, -0.15) is 0 Å². The molecule has 0 radical (unpaired) electrons. The van der Waals surface area contributed by atoms with Crippen LogP contribution in [0, 0.1) is 16.4 Å². The number of carboxylic acid groups (broad SMARTS) is 1. The number of nitrogens with two attached hydrogens (primary N) is 1. The number of nitrogens with one attached hydrogen (secondary N) is 1. The zero-order chi connectivity index (χ0) is 36.9. The number of aliphatic carboxylic acids is 1. The third-order valence-electron chi connectivity index (χ3n) is 11.1. The molecule has 2 aliphatic heterocycles. The molecule has 0 saturated carbocycles. The zero-order valence-electron chi connectivity index (χ0n) is 30.2. The van der Waals surface area contributed by atoms with Crippen LogP contribution in [0.1, 0.15) is 71.1 Å². The molecule has 53 heavy (non-hydrogen) atoms. The number of anilines is 2. The predicted octanol–water partition coefficient (Wildman–Crippen LogP) is 5.76. The molecular weight excluding hydrogens is 661 g/mol. The molecule has 1 atom stereocenters. The standard InChI is InChI=1S/C26H30N2O.C19H18N2O3/c27-14-11-18-12-15-28(16-13-18)26(29)21-7-8-23-20(17-21)6-10-24-22-4-2-1-3-19(22)5-9-25(23)24;1-2-13-7-4-6-10-17(13)21-12-14-8-3-5-9-15(14)20-16(19(21)24)11-18(22)23/h3,5-9,17-18H,1-2,4,10-16,27H2;2-10,16,20H,1,11-12H2,(H,22,23). The van der Waals surface area contributed by atoms with Crippen LogP contribution in [0.25, 0.3) is 18.2 Å². The van der Waals surface area contributed by atoms with Crippen molar-refractivity contribution in [1.29, 1.82) is 0 Å². The molecule has 4 aliphatic rings. The number of rotatable bonds is 7. The van der Waals surface area contributed by atoms with Gasteiger partial charge in [-0.3, -0.25) is 14.4 Å². The van der Waals surface area contributed by atoms with Crippen LogP contribution in [-0.4, -0.2) is 53.5 Å². The van der Waals surface area contributed by atoms with E-state index in [1.54, 1.807) is 11.0 Å². The van der Waals surface area contributed by atoms with Crippen molar-refractivity contribution in [3.63, 3.8) is 0 Å². The summed E-state index contributed by atoms with van der Waals surface area (Å²) in [7, 11) is 0. The van der Waals surface area contributed by atoms with Crippen LogP contribution in [-0.2, 0) is 29.0 Å². The maximum Gasteiger partial charge on any atom is 0.305 e. The minimum absolute atomic E-state index is 0.179. The lowest BCUT2D eigenvalue weighted by atomic mass is 9.88. The predicted molar refractivity (Wildman–Crippen MR) is 212 cm³/mol. The number of benzene rings is 4. The third-order valence-corrected chi connectivity index (χ3v) is 11.1. The highest BCUT2D eigenvalue weighted by Gasteiger charge is 2.32. The number of likely N-dealkylation sites (tertiary alicyclic amines) is 1. The Bertz CT molecular complexity index is 2270. The van der Waals surface area contributed by atoms with Gasteiger partial charge in [0.1, 0.15) is 6.04 Å². The number of carboxylic acids is 1. The van der Waals surface area contributed by atoms with Crippen molar-refractivity contribution in [3.8, 4) is 0 Å². The van der Waals surface area contributed by atoms with Crippen LogP contribution in [0.5, 0.6) is 0 Å². The number of carbonyl (C=O) groups excluding carboxylic acids is 2. The highest BCUT2D eigenvalue weighted by atomic mass is 16.4. The Morgan fingerprint density at radius 2 is 1.70 bits per heavy atom. The number of hydrogen-bond acceptors (Lipinski definition) is 5. The number of para-hydroxylation sites is 2. The van der Waals surface area contributed by atoms with Crippen molar-refractivity contribution in [3.05, 3.63) is 134 Å². The number of nitrogens with zero attached hydrogens (tertiary/aromatic N) is 2. The van der Waals surface area contributed by atoms with Crippen LogP contribution in [0.3, 0.4) is 0 Å². The topological polar surface area (TPSA) is 116 Å². The van der Waals surface area contributed by atoms with Crippen LogP contribution in [0.2, 0.25) is 0 Å². The lowest BCUT2D eigenvalue weighted by Gasteiger charge is -2.32. The average Bonchev–Trinajstić information content (AvgIpc) is 3.33. The normalized spacial score (nSPS) is 17.5. The largest absolute Gasteiger partial charge is 0.481 e. The van der Waals surface area contributed by atoms with Crippen molar-refractivity contribution in [1.82, 2.24) is 4.90 Å². The molecule has 272 valence electrons. The first-order chi connectivity index (χ1) is 25.8. The van der Waals surface area contributed by atoms with Crippen molar-refractivity contribution in [2.75, 3.05) is 29.9 Å². The Balaban J connectivity index is 0.000000168. The smallest absolute Gasteiger partial charge is 0.305 e. The minimum atomic E-state index is -1.02. The van der Waals surface area contributed by atoms with E-state index in [-0.39, 0.29) is 18.2 Å². The summed E-state index contributed by atoms with van der Waals surface area (Å²) in [5.41, 5.74) is 12.8. The first-order valence-electron chi connectivity index (χ1n) is 18.9. The minimum Gasteiger partial charge on any atom is -0.481 e. The van der Waals surface area contributed by atoms with Gasteiger partial charge in [0.25, 0.3) is 5.91 Å². The quantitative estimate of drug-likeness (QED) is 0.225. The van der Waals surface area contributed by atoms with Crippen molar-refractivity contribution in [2.24, 2.45) is 11.7 Å². The van der Waals surface area contributed by atoms with Gasteiger partial charge in [-0.1, -0.05) is 79.4 Å². The van der Waals surface area contributed by atoms with Crippen molar-refractivity contribution >= 4 is 47.4 Å². The Kier molecular flexibility index (Phi) is 10.9. The van der Waals surface area contributed by atoms with Gasteiger partial charge >= 0.3 is 5.97 Å². The van der Waals surface area contributed by atoms with E-state index in [9.17, 15) is 14.4 Å². The van der Waals surface area contributed by atoms with E-state index in [1.807, 2.05) is 59.5 Å². The summed E-state index contributed by atoms with van der Waals surface area (Å²) < 4.78 is 0. The van der Waals surface area contributed by atoms with E-state index in [0.717, 1.165) is 73.4 Å². The fourth-order valence-electron chi connectivity index (χ4n) is 8.29. The Morgan fingerprint density at radius 3 is 2.49 bits per heavy atom. The molecule has 4 aromatic rings. The van der Waals surface area contributed by atoms with Gasteiger partial charge < -0.3 is 26.0 Å². The van der Waals surface area contributed by atoms with E-state index < -0.39 is 12.0 Å². The summed E-state index contributed by atoms with van der Waals surface area (Å²) in [6, 6.07) is 25.1. The molecule has 2 amide bonds. The van der Waals surface area contributed by atoms with Gasteiger partial charge in [0, 0.05) is 24.3 Å². The molecule has 2 heterocycles. The Labute approximate surface area is 310 Å². The molecule has 4 N–H and O–H groups in total. The van der Waals surface area contributed by atoms with Crippen molar-refractivity contribution in [2.45, 2.75) is 64.0 Å². The molecule has 1 unspecified atom stereocenters. The second-order valence-corrected chi connectivity index (χ2v) is 14.4. The third kappa shape index (κ3) is 7.69. The summed E-state index contributed by atoms with van der Waals surface area (Å²) in [4.78, 5) is 40.9. The summed E-state index contributed by atoms with van der Waals surface area (Å²) in [5, 5.41) is 17.5. The molecule has 0 spiro atoms. The maximum absolute atomic E-state index is 13.1. The molecule has 1 fully saturated rings. The fraction of sp³-hybridized carbons (Fsp3) is 0.311. The number of fused-ring (bicyclic) bond motifs is 5. The lowest BCUT2D eigenvalue weighted by Crippen LogP contribution is -2.42. The second-order valence-electron chi connectivity index (χ2n) is 14.4. The summed E-state index contributed by atoms with van der Waals surface area (Å²) in [6.07, 6.45) is 14.0. The van der Waals surface area contributed by atoms with Gasteiger partial charge in [-0.15, -0.1) is 0 Å². The Hall–Kier alpha value is -5.47. The molecule has 1 saturated heterocycles. The molecule has 4 aromatic carbocycles. The molecule has 8 rings (SSSR count). The van der Waals surface area contributed by atoms with Gasteiger partial charge in [-0.05, 0) is 125 Å². The van der Waals surface area contributed by atoms with Gasteiger partial charge in [-0.25, -0.2) is 0 Å². The first-order valence-corrected chi connectivity index (χ1v) is 18.9. The van der Waals surface area contributed by atoms with Gasteiger partial charge in [0.15, 0.2) is 0 Å². The number of amides is 2. The molecular formula is C45H48N4O4. The SMILES string of the molecule is C=Cc1ccccc1N1Cc2ccccc2NC(CC(=O)O)C1=O.NCCC1CCN(C(=O)c2ccc3c(c2)=CCc2c4c(ccc2=3)=CCCC4)CC1. The van der Waals surface area contributed by atoms with Crippen LogP contribution >= 0.6 is 0 Å².